The number of hydrogen-bond donors (Lipinski definition) is 1. The molecule has 0 aromatic heterocycles. The summed E-state index contributed by atoms with van der Waals surface area (Å²) in [5.74, 6) is 0.634. The molecule has 0 radical (unpaired) electrons. The van der Waals surface area contributed by atoms with Crippen LogP contribution in [-0.2, 0) is 15.6 Å². The molecule has 1 amide bonds. The maximum atomic E-state index is 12.3. The van der Waals surface area contributed by atoms with Gasteiger partial charge in [0.2, 0.25) is 5.91 Å². The van der Waals surface area contributed by atoms with Gasteiger partial charge in [-0.1, -0.05) is 37.3 Å². The Morgan fingerprint density at radius 3 is 2.58 bits per heavy atom. The zero-order valence-electron chi connectivity index (χ0n) is 11.3. The number of carbonyl (C=O) groups is 1. The third-order valence-corrected chi connectivity index (χ3v) is 4.15. The largest absolute Gasteiger partial charge is 0.321 e. The molecule has 1 aliphatic rings. The molecule has 1 fully saturated rings. The smallest absolute Gasteiger partial charge is 0.241 e. The molecule has 1 aliphatic heterocycles. The van der Waals surface area contributed by atoms with Crippen molar-refractivity contribution in [2.24, 2.45) is 0 Å². The average molecular weight is 280 g/mol. The lowest BCUT2D eigenvalue weighted by molar-refractivity contribution is -0.129. The number of nitrogens with one attached hydrogen (secondary N) is 1. The Hall–Kier alpha value is -1.20. The molecule has 0 saturated carbocycles. The van der Waals surface area contributed by atoms with Crippen molar-refractivity contribution in [2.45, 2.75) is 25.6 Å². The fraction of sp³-hybridized carbons (Fsp3) is 0.500. The van der Waals surface area contributed by atoms with Crippen molar-refractivity contribution in [3.05, 3.63) is 35.9 Å². The van der Waals surface area contributed by atoms with Crippen molar-refractivity contribution < 1.29 is 9.00 Å². The molecule has 3 unspecified atom stereocenters. The van der Waals surface area contributed by atoms with Gasteiger partial charge in [-0.2, -0.15) is 0 Å². The quantitative estimate of drug-likeness (QED) is 0.884. The molecule has 0 bridgehead atoms. The molecule has 2 rings (SSSR count). The molecular formula is C14H20N2O2S. The summed E-state index contributed by atoms with van der Waals surface area (Å²) < 4.78 is 11.3. The zero-order chi connectivity index (χ0) is 13.8. The summed E-state index contributed by atoms with van der Waals surface area (Å²) >= 11 is 0. The van der Waals surface area contributed by atoms with E-state index in [1.807, 2.05) is 42.2 Å². The van der Waals surface area contributed by atoms with Gasteiger partial charge in [0.25, 0.3) is 0 Å². The Bertz CT molecular complexity index is 464. The molecule has 5 heteroatoms. The number of carbonyl (C=O) groups excluding carboxylic acids is 1. The number of hydrogen-bond acceptors (Lipinski definition) is 3. The Morgan fingerprint density at radius 1 is 1.32 bits per heavy atom. The Morgan fingerprint density at radius 2 is 2.00 bits per heavy atom. The van der Waals surface area contributed by atoms with E-state index in [-0.39, 0.29) is 18.1 Å². The van der Waals surface area contributed by atoms with Crippen LogP contribution in [0.15, 0.2) is 30.3 Å². The first-order valence-electron chi connectivity index (χ1n) is 6.55. The van der Waals surface area contributed by atoms with Crippen molar-refractivity contribution in [3.63, 3.8) is 0 Å². The molecule has 1 heterocycles. The Labute approximate surface area is 116 Å². The van der Waals surface area contributed by atoms with Crippen molar-refractivity contribution in [2.75, 3.05) is 18.6 Å². The van der Waals surface area contributed by atoms with Gasteiger partial charge in [-0.15, -0.1) is 0 Å². The first-order valence-corrected chi connectivity index (χ1v) is 8.27. The van der Waals surface area contributed by atoms with Gasteiger partial charge in [0.1, 0.15) is 6.17 Å². The highest BCUT2D eigenvalue weighted by molar-refractivity contribution is 7.84. The second kappa shape index (κ2) is 6.30. The predicted molar refractivity (Wildman–Crippen MR) is 77.0 cm³/mol. The molecule has 1 aromatic carbocycles. The van der Waals surface area contributed by atoms with Crippen molar-refractivity contribution in [1.82, 2.24) is 10.2 Å². The molecule has 1 saturated heterocycles. The second-order valence-corrected chi connectivity index (χ2v) is 6.30. The number of amides is 1. The minimum Gasteiger partial charge on any atom is -0.321 e. The number of nitrogens with zero attached hydrogens (tertiary/aromatic N) is 1. The van der Waals surface area contributed by atoms with Gasteiger partial charge >= 0.3 is 0 Å². The normalized spacial score (nSPS) is 24.7. The Balaban J connectivity index is 2.19. The van der Waals surface area contributed by atoms with Gasteiger partial charge in [-0.05, 0) is 12.0 Å². The van der Waals surface area contributed by atoms with Gasteiger partial charge in [0.15, 0.2) is 0 Å². The lowest BCUT2D eigenvalue weighted by Crippen LogP contribution is -2.34. The zero-order valence-corrected chi connectivity index (χ0v) is 12.2. The van der Waals surface area contributed by atoms with Gasteiger partial charge < -0.3 is 4.90 Å². The summed E-state index contributed by atoms with van der Waals surface area (Å²) in [6, 6.07) is 9.80. The van der Waals surface area contributed by atoms with Crippen LogP contribution in [0.3, 0.4) is 0 Å². The fourth-order valence-electron chi connectivity index (χ4n) is 2.35. The number of benzene rings is 1. The summed E-state index contributed by atoms with van der Waals surface area (Å²) in [6.07, 6.45) is 2.35. The van der Waals surface area contributed by atoms with Crippen molar-refractivity contribution >= 4 is 16.7 Å². The van der Waals surface area contributed by atoms with Crippen LogP contribution in [0.5, 0.6) is 0 Å². The summed E-state index contributed by atoms with van der Waals surface area (Å²) in [4.78, 5) is 14.1. The van der Waals surface area contributed by atoms with E-state index in [9.17, 15) is 9.00 Å². The van der Waals surface area contributed by atoms with Gasteiger partial charge in [-0.25, -0.2) is 0 Å². The van der Waals surface area contributed by atoms with E-state index in [4.69, 9.17) is 0 Å². The third-order valence-electron chi connectivity index (χ3n) is 3.40. The molecule has 0 aliphatic carbocycles. The van der Waals surface area contributed by atoms with E-state index in [0.717, 1.165) is 12.0 Å². The maximum Gasteiger partial charge on any atom is 0.241 e. The molecule has 1 aromatic rings. The Kier molecular flexibility index (Phi) is 4.71. The predicted octanol–water partition coefficient (Wildman–Crippen LogP) is 1.27. The van der Waals surface area contributed by atoms with Crippen LogP contribution in [-0.4, -0.2) is 39.6 Å². The van der Waals surface area contributed by atoms with E-state index >= 15 is 0 Å². The van der Waals surface area contributed by atoms with E-state index < -0.39 is 10.8 Å². The highest BCUT2D eigenvalue weighted by Crippen LogP contribution is 2.25. The first kappa shape index (κ1) is 14.2. The molecule has 19 heavy (non-hydrogen) atoms. The van der Waals surface area contributed by atoms with E-state index in [2.05, 4.69) is 5.32 Å². The van der Waals surface area contributed by atoms with Crippen LogP contribution in [0.25, 0.3) is 0 Å². The summed E-state index contributed by atoms with van der Waals surface area (Å²) in [5, 5.41) is 3.36. The van der Waals surface area contributed by atoms with Crippen LogP contribution in [0.4, 0.5) is 0 Å². The SMILES string of the molecule is CCC1NC(c2ccccc2)N(CCS(C)=O)C1=O. The minimum absolute atomic E-state index is 0.0952. The lowest BCUT2D eigenvalue weighted by atomic mass is 10.1. The van der Waals surface area contributed by atoms with Gasteiger partial charge in [0.05, 0.1) is 6.04 Å². The molecular weight excluding hydrogens is 260 g/mol. The van der Waals surface area contributed by atoms with E-state index in [0.29, 0.717) is 12.3 Å². The molecule has 4 nitrogen and oxygen atoms in total. The molecule has 1 N–H and O–H groups in total. The van der Waals surface area contributed by atoms with E-state index in [1.165, 1.54) is 0 Å². The van der Waals surface area contributed by atoms with Gasteiger partial charge in [0, 0.05) is 29.4 Å². The lowest BCUT2D eigenvalue weighted by Gasteiger charge is -2.24. The second-order valence-electron chi connectivity index (χ2n) is 4.75. The van der Waals surface area contributed by atoms with Crippen LogP contribution < -0.4 is 5.32 Å². The third kappa shape index (κ3) is 3.22. The molecule has 0 spiro atoms. The van der Waals surface area contributed by atoms with Crippen molar-refractivity contribution in [3.8, 4) is 0 Å². The highest BCUT2D eigenvalue weighted by atomic mass is 32.2. The van der Waals surface area contributed by atoms with Crippen LogP contribution in [0, 0.1) is 0 Å². The summed E-state index contributed by atoms with van der Waals surface area (Å²) in [6.45, 7) is 2.53. The highest BCUT2D eigenvalue weighted by Gasteiger charge is 2.38. The van der Waals surface area contributed by atoms with E-state index in [1.54, 1.807) is 6.26 Å². The first-order chi connectivity index (χ1) is 9.13. The average Bonchev–Trinajstić information content (AvgIpc) is 2.74. The van der Waals surface area contributed by atoms with Crippen LogP contribution in [0.1, 0.15) is 25.1 Å². The topological polar surface area (TPSA) is 49.4 Å². The molecule has 3 atom stereocenters. The maximum absolute atomic E-state index is 12.3. The standard InChI is InChI=1S/C14H20N2O2S/c1-3-12-14(17)16(9-10-19(2)18)13(15-12)11-7-5-4-6-8-11/h4-8,12-13,15H,3,9-10H2,1-2H3. The van der Waals surface area contributed by atoms with Gasteiger partial charge in [-0.3, -0.25) is 14.3 Å². The monoisotopic (exact) mass is 280 g/mol. The minimum atomic E-state index is -0.883. The number of rotatable bonds is 5. The summed E-state index contributed by atoms with van der Waals surface area (Å²) in [7, 11) is -0.883. The fourth-order valence-corrected chi connectivity index (χ4v) is 2.80. The van der Waals surface area contributed by atoms with Crippen LogP contribution in [0.2, 0.25) is 0 Å². The molecule has 104 valence electrons. The van der Waals surface area contributed by atoms with Crippen molar-refractivity contribution in [1.29, 1.82) is 0 Å². The van der Waals surface area contributed by atoms with Crippen LogP contribution >= 0.6 is 0 Å². The summed E-state index contributed by atoms with van der Waals surface area (Å²) in [5.41, 5.74) is 1.08.